The lowest BCUT2D eigenvalue weighted by Crippen LogP contribution is -2.27. The Morgan fingerprint density at radius 1 is 1.14 bits per heavy atom. The van der Waals surface area contributed by atoms with Gasteiger partial charge in [-0.3, -0.25) is 4.79 Å². The zero-order valence-corrected chi connectivity index (χ0v) is 13.9. The van der Waals surface area contributed by atoms with Crippen molar-refractivity contribution in [2.24, 2.45) is 0 Å². The minimum absolute atomic E-state index is 0.155. The molecule has 21 heavy (non-hydrogen) atoms. The number of nitrogens with one attached hydrogen (secondary N) is 1. The fraction of sp³-hybridized carbons (Fsp3) is 0.800. The van der Waals surface area contributed by atoms with Crippen molar-refractivity contribution in [1.82, 2.24) is 4.72 Å². The topological polar surface area (TPSA) is 72.5 Å². The first-order valence-electron chi connectivity index (χ1n) is 7.75. The fourth-order valence-electron chi connectivity index (χ4n) is 1.86. The highest BCUT2D eigenvalue weighted by Gasteiger charge is 2.08. The van der Waals surface area contributed by atoms with Crippen molar-refractivity contribution in [2.45, 2.75) is 58.3 Å². The predicted molar refractivity (Wildman–Crippen MR) is 85.6 cm³/mol. The lowest BCUT2D eigenvalue weighted by molar-refractivity contribution is -0.143. The van der Waals surface area contributed by atoms with Crippen LogP contribution in [0.1, 0.15) is 58.3 Å². The van der Waals surface area contributed by atoms with Crippen LogP contribution < -0.4 is 4.72 Å². The molecule has 0 aromatic rings. The van der Waals surface area contributed by atoms with Crippen LogP contribution >= 0.6 is 0 Å². The van der Waals surface area contributed by atoms with Gasteiger partial charge >= 0.3 is 5.97 Å². The summed E-state index contributed by atoms with van der Waals surface area (Å²) in [6.45, 7) is 6.30. The second-order valence-electron chi connectivity index (χ2n) is 4.97. The Balaban J connectivity index is 3.48. The Morgan fingerprint density at radius 3 is 2.52 bits per heavy atom. The van der Waals surface area contributed by atoms with Crippen molar-refractivity contribution in [2.75, 3.05) is 18.9 Å². The zero-order chi connectivity index (χ0) is 16.0. The van der Waals surface area contributed by atoms with E-state index in [9.17, 15) is 13.2 Å². The first-order valence-corrected chi connectivity index (χ1v) is 9.41. The summed E-state index contributed by atoms with van der Waals surface area (Å²) >= 11 is 0. The smallest absolute Gasteiger partial charge is 0.305 e. The highest BCUT2D eigenvalue weighted by atomic mass is 32.2. The quantitative estimate of drug-likeness (QED) is 0.303. The maximum Gasteiger partial charge on any atom is 0.305 e. The predicted octanol–water partition coefficient (Wildman–Crippen LogP) is 2.78. The average molecular weight is 319 g/mol. The van der Waals surface area contributed by atoms with Crippen LogP contribution in [0.5, 0.6) is 0 Å². The Kier molecular flexibility index (Phi) is 12.3. The lowest BCUT2D eigenvalue weighted by atomic mass is 10.1. The fourth-order valence-corrected chi connectivity index (χ4v) is 3.05. The third-order valence-corrected chi connectivity index (χ3v) is 4.48. The van der Waals surface area contributed by atoms with Crippen LogP contribution in [0.4, 0.5) is 0 Å². The molecule has 0 saturated heterocycles. The molecule has 0 unspecified atom stereocenters. The molecule has 0 aliphatic carbocycles. The van der Waals surface area contributed by atoms with Gasteiger partial charge in [0, 0.05) is 13.0 Å². The number of carbonyl (C=O) groups is 1. The molecular weight excluding hydrogens is 290 g/mol. The number of rotatable bonds is 14. The van der Waals surface area contributed by atoms with Gasteiger partial charge < -0.3 is 4.74 Å². The molecule has 0 saturated carbocycles. The maximum atomic E-state index is 11.6. The summed E-state index contributed by atoms with van der Waals surface area (Å²) in [5.74, 6) is 0.0293. The molecule has 0 aliphatic heterocycles. The van der Waals surface area contributed by atoms with E-state index >= 15 is 0 Å². The van der Waals surface area contributed by atoms with Crippen LogP contribution in [0.15, 0.2) is 12.7 Å². The van der Waals surface area contributed by atoms with Crippen molar-refractivity contribution in [1.29, 1.82) is 0 Å². The van der Waals surface area contributed by atoms with E-state index < -0.39 is 10.0 Å². The molecule has 0 aromatic carbocycles. The molecule has 0 amide bonds. The molecule has 0 atom stereocenters. The summed E-state index contributed by atoms with van der Waals surface area (Å²) in [7, 11) is -3.13. The lowest BCUT2D eigenvalue weighted by Gasteiger charge is -2.06. The monoisotopic (exact) mass is 319 g/mol. The van der Waals surface area contributed by atoms with Crippen LogP contribution in [0.2, 0.25) is 0 Å². The van der Waals surface area contributed by atoms with Crippen LogP contribution in [0.25, 0.3) is 0 Å². The third kappa shape index (κ3) is 13.8. The molecule has 0 rings (SSSR count). The Labute approximate surface area is 129 Å². The van der Waals surface area contributed by atoms with Crippen molar-refractivity contribution in [3.05, 3.63) is 12.7 Å². The number of carbonyl (C=O) groups excluding carboxylic acids is 1. The van der Waals surface area contributed by atoms with Crippen LogP contribution in [-0.2, 0) is 19.6 Å². The molecule has 0 aromatic heterocycles. The molecule has 0 aliphatic rings. The Hall–Kier alpha value is -0.880. The number of allylic oxidation sites excluding steroid dienone is 1. The number of esters is 1. The van der Waals surface area contributed by atoms with Gasteiger partial charge in [-0.15, -0.1) is 6.58 Å². The molecule has 124 valence electrons. The standard InChI is InChI=1S/C15H29NO4S/c1-3-5-6-11-14-21(18,19)16-13-10-8-7-9-12-15(17)20-4-2/h3,16H,1,4-14H2,2H3. The van der Waals surface area contributed by atoms with E-state index in [1.54, 1.807) is 13.0 Å². The summed E-state index contributed by atoms with van der Waals surface area (Å²) in [6.07, 6.45) is 8.06. The van der Waals surface area contributed by atoms with Gasteiger partial charge in [-0.1, -0.05) is 18.9 Å². The number of sulfonamides is 1. The van der Waals surface area contributed by atoms with Crippen LogP contribution in [0.3, 0.4) is 0 Å². The first kappa shape index (κ1) is 20.1. The highest BCUT2D eigenvalue weighted by Crippen LogP contribution is 2.04. The molecule has 6 heteroatoms. The highest BCUT2D eigenvalue weighted by molar-refractivity contribution is 7.89. The molecule has 0 fully saturated rings. The molecule has 0 spiro atoms. The SMILES string of the molecule is C=CCCCCS(=O)(=O)NCCCCCCC(=O)OCC. The summed E-state index contributed by atoms with van der Waals surface area (Å²) in [4.78, 5) is 11.1. The zero-order valence-electron chi connectivity index (χ0n) is 13.1. The molecule has 0 heterocycles. The number of hydrogen-bond donors (Lipinski definition) is 1. The number of hydrogen-bond acceptors (Lipinski definition) is 4. The average Bonchev–Trinajstić information content (AvgIpc) is 2.43. The minimum Gasteiger partial charge on any atom is -0.466 e. The van der Waals surface area contributed by atoms with Crippen molar-refractivity contribution >= 4 is 16.0 Å². The Bertz CT molecular complexity index is 379. The van der Waals surface area contributed by atoms with Gasteiger partial charge in [-0.25, -0.2) is 13.1 Å². The summed E-state index contributed by atoms with van der Waals surface area (Å²) in [5, 5.41) is 0. The summed E-state index contributed by atoms with van der Waals surface area (Å²) in [6, 6.07) is 0. The van der Waals surface area contributed by atoms with Crippen molar-refractivity contribution in [3.8, 4) is 0 Å². The molecular formula is C15H29NO4S. The van der Waals surface area contributed by atoms with Gasteiger partial charge in [-0.2, -0.15) is 0 Å². The summed E-state index contributed by atoms with van der Waals surface area (Å²) < 4.78 is 30.7. The van der Waals surface area contributed by atoms with E-state index in [4.69, 9.17) is 4.74 Å². The number of ether oxygens (including phenoxy) is 1. The van der Waals surface area contributed by atoms with E-state index in [1.807, 2.05) is 0 Å². The maximum absolute atomic E-state index is 11.6. The van der Waals surface area contributed by atoms with E-state index in [0.29, 0.717) is 26.0 Å². The van der Waals surface area contributed by atoms with Gasteiger partial charge in [0.05, 0.1) is 12.4 Å². The minimum atomic E-state index is -3.13. The van der Waals surface area contributed by atoms with Crippen molar-refractivity contribution in [3.63, 3.8) is 0 Å². The van der Waals surface area contributed by atoms with Gasteiger partial charge in [0.1, 0.15) is 0 Å². The molecule has 5 nitrogen and oxygen atoms in total. The third-order valence-electron chi connectivity index (χ3n) is 3.01. The second-order valence-corrected chi connectivity index (χ2v) is 6.89. The molecule has 1 N–H and O–H groups in total. The van der Waals surface area contributed by atoms with Crippen LogP contribution in [-0.4, -0.2) is 33.3 Å². The van der Waals surface area contributed by atoms with Crippen molar-refractivity contribution < 1.29 is 17.9 Å². The van der Waals surface area contributed by atoms with Gasteiger partial charge in [0.25, 0.3) is 0 Å². The van der Waals surface area contributed by atoms with E-state index in [2.05, 4.69) is 11.3 Å². The van der Waals surface area contributed by atoms with Crippen LogP contribution in [0, 0.1) is 0 Å². The Morgan fingerprint density at radius 2 is 1.86 bits per heavy atom. The first-order chi connectivity index (χ1) is 10.0. The van der Waals surface area contributed by atoms with Gasteiger partial charge in [0.15, 0.2) is 0 Å². The van der Waals surface area contributed by atoms with E-state index in [-0.39, 0.29) is 11.7 Å². The van der Waals surface area contributed by atoms with E-state index in [0.717, 1.165) is 38.5 Å². The van der Waals surface area contributed by atoms with Gasteiger partial charge in [0.2, 0.25) is 10.0 Å². The number of unbranched alkanes of at least 4 members (excludes halogenated alkanes) is 5. The molecule has 0 bridgehead atoms. The normalized spacial score (nSPS) is 11.3. The van der Waals surface area contributed by atoms with Gasteiger partial charge in [-0.05, 0) is 39.0 Å². The molecule has 0 radical (unpaired) electrons. The largest absolute Gasteiger partial charge is 0.466 e. The van der Waals surface area contributed by atoms with E-state index in [1.165, 1.54) is 0 Å². The summed E-state index contributed by atoms with van der Waals surface area (Å²) in [5.41, 5.74) is 0. The second kappa shape index (κ2) is 12.8.